The van der Waals surface area contributed by atoms with Crippen molar-refractivity contribution in [2.75, 3.05) is 5.73 Å². The summed E-state index contributed by atoms with van der Waals surface area (Å²) in [6.07, 6.45) is 12.0. The van der Waals surface area contributed by atoms with E-state index in [0.717, 1.165) is 18.0 Å². The lowest BCUT2D eigenvalue weighted by Gasteiger charge is -2.65. The van der Waals surface area contributed by atoms with Crippen LogP contribution in [0.25, 0.3) is 0 Å². The molecule has 4 aliphatic carbocycles. The minimum absolute atomic E-state index is 0.338. The van der Waals surface area contributed by atoms with E-state index in [1.807, 2.05) is 12.4 Å². The van der Waals surface area contributed by atoms with Crippen molar-refractivity contribution in [1.82, 2.24) is 15.3 Å². The van der Waals surface area contributed by atoms with Gasteiger partial charge in [0.2, 0.25) is 5.95 Å². The Morgan fingerprint density at radius 2 is 1.71 bits per heavy atom. The molecule has 4 heteroatoms. The van der Waals surface area contributed by atoms with Crippen molar-refractivity contribution in [3.8, 4) is 0 Å². The van der Waals surface area contributed by atoms with Crippen LogP contribution < -0.4 is 11.1 Å². The second kappa shape index (κ2) is 4.19. The highest BCUT2D eigenvalue weighted by molar-refractivity contribution is 5.19. The summed E-state index contributed by atoms with van der Waals surface area (Å²) in [5.41, 5.74) is 8.14. The first-order valence-corrected chi connectivity index (χ1v) is 8.19. The molecule has 5 rings (SSSR count). The van der Waals surface area contributed by atoms with Crippen molar-refractivity contribution >= 4 is 5.95 Å². The Balaban J connectivity index is 1.53. The molecule has 4 atom stereocenters. The van der Waals surface area contributed by atoms with E-state index in [-0.39, 0.29) is 0 Å². The highest BCUT2D eigenvalue weighted by Crippen LogP contribution is 2.66. The molecule has 21 heavy (non-hydrogen) atoms. The van der Waals surface area contributed by atoms with E-state index in [1.54, 1.807) is 0 Å². The van der Waals surface area contributed by atoms with Crippen molar-refractivity contribution in [2.45, 2.75) is 64.5 Å². The molecule has 4 fully saturated rings. The smallest absolute Gasteiger partial charge is 0.219 e. The van der Waals surface area contributed by atoms with Gasteiger partial charge >= 0.3 is 0 Å². The molecule has 4 aliphatic rings. The maximum Gasteiger partial charge on any atom is 0.219 e. The van der Waals surface area contributed by atoms with Gasteiger partial charge in [-0.25, -0.2) is 9.97 Å². The minimum Gasteiger partial charge on any atom is -0.368 e. The summed E-state index contributed by atoms with van der Waals surface area (Å²) in [5.74, 6) is 1.28. The van der Waals surface area contributed by atoms with Gasteiger partial charge < -0.3 is 11.1 Å². The van der Waals surface area contributed by atoms with Gasteiger partial charge in [-0.05, 0) is 55.3 Å². The number of aromatic nitrogens is 2. The van der Waals surface area contributed by atoms with Crippen molar-refractivity contribution in [2.24, 2.45) is 16.7 Å². The molecule has 0 radical (unpaired) electrons. The van der Waals surface area contributed by atoms with E-state index in [2.05, 4.69) is 29.1 Å². The van der Waals surface area contributed by atoms with Gasteiger partial charge in [0.1, 0.15) is 0 Å². The molecule has 0 saturated heterocycles. The van der Waals surface area contributed by atoms with Crippen LogP contribution in [0.3, 0.4) is 0 Å². The zero-order valence-corrected chi connectivity index (χ0v) is 13.2. The summed E-state index contributed by atoms with van der Waals surface area (Å²) in [6.45, 7) is 5.89. The van der Waals surface area contributed by atoms with Crippen LogP contribution in [0.15, 0.2) is 12.4 Å². The molecule has 2 unspecified atom stereocenters. The second-order valence-electron chi connectivity index (χ2n) is 8.71. The van der Waals surface area contributed by atoms with Crippen molar-refractivity contribution in [3.63, 3.8) is 0 Å². The van der Waals surface area contributed by atoms with Gasteiger partial charge in [0.15, 0.2) is 0 Å². The van der Waals surface area contributed by atoms with Gasteiger partial charge in [-0.1, -0.05) is 13.8 Å². The topological polar surface area (TPSA) is 63.8 Å². The average Bonchev–Trinajstić information content (AvgIpc) is 2.34. The lowest BCUT2D eigenvalue weighted by atomic mass is 9.43. The number of nitrogens with zero attached hydrogens (tertiary/aromatic N) is 2. The van der Waals surface area contributed by atoms with Gasteiger partial charge in [-0.15, -0.1) is 0 Å². The number of hydrogen-bond acceptors (Lipinski definition) is 4. The van der Waals surface area contributed by atoms with Crippen LogP contribution in [-0.4, -0.2) is 15.5 Å². The monoisotopic (exact) mass is 286 g/mol. The summed E-state index contributed by atoms with van der Waals surface area (Å²) < 4.78 is 0. The molecule has 1 heterocycles. The molecule has 0 spiro atoms. The largest absolute Gasteiger partial charge is 0.368 e. The number of nitrogens with two attached hydrogens (primary N) is 1. The maximum absolute atomic E-state index is 5.56. The molecular formula is C17H26N4. The van der Waals surface area contributed by atoms with Crippen LogP contribution in [0.2, 0.25) is 0 Å². The Kier molecular flexibility index (Phi) is 2.69. The minimum atomic E-state index is 0.338. The molecule has 4 saturated carbocycles. The Bertz CT molecular complexity index is 534. The zero-order chi connectivity index (χ0) is 14.7. The van der Waals surface area contributed by atoms with E-state index in [0.29, 0.717) is 22.3 Å². The second-order valence-corrected chi connectivity index (χ2v) is 8.71. The van der Waals surface area contributed by atoms with Crippen molar-refractivity contribution in [3.05, 3.63) is 18.0 Å². The van der Waals surface area contributed by atoms with Gasteiger partial charge in [0.25, 0.3) is 0 Å². The van der Waals surface area contributed by atoms with E-state index in [4.69, 9.17) is 5.73 Å². The van der Waals surface area contributed by atoms with Gasteiger partial charge in [0.05, 0.1) is 0 Å². The molecule has 0 aromatic carbocycles. The SMILES string of the molecule is C[C@]12CC3CC(NCc4cnc(N)nc4)(C1)C[C@@](C)(C3)C2. The quantitative estimate of drug-likeness (QED) is 0.897. The van der Waals surface area contributed by atoms with E-state index in [9.17, 15) is 0 Å². The third kappa shape index (κ3) is 2.33. The molecule has 1 aromatic heterocycles. The molecule has 0 aliphatic heterocycles. The lowest BCUT2D eigenvalue weighted by Crippen LogP contribution is -2.63. The van der Waals surface area contributed by atoms with Crippen LogP contribution in [-0.2, 0) is 6.54 Å². The number of rotatable bonds is 3. The number of hydrogen-bond donors (Lipinski definition) is 2. The summed E-state index contributed by atoms with van der Waals surface area (Å²) >= 11 is 0. The average molecular weight is 286 g/mol. The predicted octanol–water partition coefficient (Wildman–Crippen LogP) is 2.90. The van der Waals surface area contributed by atoms with E-state index in [1.165, 1.54) is 38.5 Å². The van der Waals surface area contributed by atoms with Crippen LogP contribution >= 0.6 is 0 Å². The summed E-state index contributed by atoms with van der Waals surface area (Å²) in [7, 11) is 0. The Labute approximate surface area is 126 Å². The Morgan fingerprint density at radius 3 is 2.29 bits per heavy atom. The highest BCUT2D eigenvalue weighted by atomic mass is 15.0. The fourth-order valence-corrected chi connectivity index (χ4v) is 6.39. The molecule has 114 valence electrons. The van der Waals surface area contributed by atoms with E-state index >= 15 is 0 Å². The van der Waals surface area contributed by atoms with Crippen LogP contribution in [0.4, 0.5) is 5.95 Å². The highest BCUT2D eigenvalue weighted by Gasteiger charge is 2.59. The molecule has 4 bridgehead atoms. The Hall–Kier alpha value is -1.16. The molecule has 0 amide bonds. The van der Waals surface area contributed by atoms with Gasteiger partial charge in [-0.2, -0.15) is 0 Å². The van der Waals surface area contributed by atoms with Gasteiger partial charge in [0, 0.05) is 30.0 Å². The molecule has 3 N–H and O–H groups in total. The first kappa shape index (κ1) is 13.5. The first-order chi connectivity index (χ1) is 9.88. The summed E-state index contributed by atoms with van der Waals surface area (Å²) in [4.78, 5) is 8.20. The summed E-state index contributed by atoms with van der Waals surface area (Å²) in [5, 5.41) is 3.89. The maximum atomic E-state index is 5.56. The number of nitrogens with one attached hydrogen (secondary N) is 1. The normalized spacial score (nSPS) is 44.2. The van der Waals surface area contributed by atoms with Crippen LogP contribution in [0.5, 0.6) is 0 Å². The summed E-state index contributed by atoms with van der Waals surface area (Å²) in [6, 6.07) is 0. The van der Waals surface area contributed by atoms with Crippen LogP contribution in [0, 0.1) is 16.7 Å². The fraction of sp³-hybridized carbons (Fsp3) is 0.765. The lowest BCUT2D eigenvalue weighted by molar-refractivity contribution is -0.118. The zero-order valence-electron chi connectivity index (χ0n) is 13.2. The predicted molar refractivity (Wildman–Crippen MR) is 83.4 cm³/mol. The van der Waals surface area contributed by atoms with E-state index < -0.39 is 0 Å². The third-order valence-corrected chi connectivity index (χ3v) is 6.02. The third-order valence-electron chi connectivity index (χ3n) is 6.02. The van der Waals surface area contributed by atoms with Crippen LogP contribution in [0.1, 0.15) is 57.9 Å². The van der Waals surface area contributed by atoms with Gasteiger partial charge in [-0.3, -0.25) is 0 Å². The number of nitrogen functional groups attached to an aromatic ring is 1. The van der Waals surface area contributed by atoms with Crippen molar-refractivity contribution < 1.29 is 0 Å². The molecule has 1 aromatic rings. The molecular weight excluding hydrogens is 260 g/mol. The van der Waals surface area contributed by atoms with Crippen molar-refractivity contribution in [1.29, 1.82) is 0 Å². The molecule has 4 nitrogen and oxygen atoms in total. The first-order valence-electron chi connectivity index (χ1n) is 8.19. The Morgan fingerprint density at radius 1 is 1.10 bits per heavy atom. The fourth-order valence-electron chi connectivity index (χ4n) is 6.39. The number of anilines is 1. The standard InChI is InChI=1S/C17H26N4/c1-15-3-12-4-16(2,9-15)11-17(5-12,10-15)21-8-13-6-19-14(18)20-7-13/h6-7,12,21H,3-5,8-11H2,1-2H3,(H2,18,19,20)/t12?,15-,16+,17?.